The standard InChI is InChI=1S/C22H23N5O3/c1-14-18(21(28)23-12-15-8-5-4-6-9-15)19(27-22(26-14)24-13-25-27)16-10-7-11-17(29-2)20(16)30-3/h4-11,13,19H,12H2,1-3H3,(H,23,28)(H,24,25,26). The third kappa shape index (κ3) is 3.47. The van der Waals surface area contributed by atoms with Crippen LogP contribution in [0, 0.1) is 0 Å². The summed E-state index contributed by atoms with van der Waals surface area (Å²) in [5.74, 6) is 1.49. The first-order chi connectivity index (χ1) is 14.6. The van der Waals surface area contributed by atoms with Crippen LogP contribution in [0.3, 0.4) is 0 Å². The highest BCUT2D eigenvalue weighted by Crippen LogP contribution is 2.42. The Hall–Kier alpha value is -3.81. The number of anilines is 1. The van der Waals surface area contributed by atoms with E-state index in [0.29, 0.717) is 35.3 Å². The van der Waals surface area contributed by atoms with Crippen molar-refractivity contribution in [2.75, 3.05) is 19.5 Å². The lowest BCUT2D eigenvalue weighted by molar-refractivity contribution is -0.118. The van der Waals surface area contributed by atoms with E-state index in [1.807, 2.05) is 55.5 Å². The molecule has 0 saturated heterocycles. The van der Waals surface area contributed by atoms with E-state index in [4.69, 9.17) is 9.47 Å². The fourth-order valence-corrected chi connectivity index (χ4v) is 3.67. The van der Waals surface area contributed by atoms with Gasteiger partial charge in [-0.15, -0.1) is 0 Å². The predicted octanol–water partition coefficient (Wildman–Crippen LogP) is 2.90. The third-order valence-corrected chi connectivity index (χ3v) is 5.06. The normalized spacial score (nSPS) is 15.2. The van der Waals surface area contributed by atoms with Gasteiger partial charge in [-0.2, -0.15) is 10.1 Å². The van der Waals surface area contributed by atoms with E-state index >= 15 is 0 Å². The van der Waals surface area contributed by atoms with Crippen molar-refractivity contribution in [3.63, 3.8) is 0 Å². The topological polar surface area (TPSA) is 90.3 Å². The molecule has 2 N–H and O–H groups in total. The molecule has 0 fully saturated rings. The van der Waals surface area contributed by atoms with Gasteiger partial charge >= 0.3 is 0 Å². The largest absolute Gasteiger partial charge is 0.493 e. The summed E-state index contributed by atoms with van der Waals surface area (Å²) in [6.07, 6.45) is 1.46. The molecule has 1 unspecified atom stereocenters. The molecule has 154 valence electrons. The summed E-state index contributed by atoms with van der Waals surface area (Å²) in [6.45, 7) is 2.28. The molecular formula is C22H23N5O3. The second-order valence-corrected chi connectivity index (χ2v) is 6.85. The number of carbonyl (C=O) groups excluding carboxylic acids is 1. The molecule has 0 spiro atoms. The zero-order chi connectivity index (χ0) is 21.1. The zero-order valence-electron chi connectivity index (χ0n) is 17.0. The number of para-hydroxylation sites is 1. The molecule has 0 aliphatic carbocycles. The van der Waals surface area contributed by atoms with Crippen LogP contribution in [0.25, 0.3) is 0 Å². The van der Waals surface area contributed by atoms with Crippen molar-refractivity contribution in [3.8, 4) is 11.5 Å². The number of ether oxygens (including phenoxy) is 2. The third-order valence-electron chi connectivity index (χ3n) is 5.06. The van der Waals surface area contributed by atoms with Crippen molar-refractivity contribution in [1.29, 1.82) is 0 Å². The molecule has 0 saturated carbocycles. The molecule has 2 aromatic carbocycles. The van der Waals surface area contributed by atoms with Gasteiger partial charge in [-0.3, -0.25) is 4.79 Å². The second kappa shape index (κ2) is 8.28. The molecular weight excluding hydrogens is 382 g/mol. The number of aromatic nitrogens is 3. The van der Waals surface area contributed by atoms with Gasteiger partial charge in [0.25, 0.3) is 5.91 Å². The Morgan fingerprint density at radius 1 is 1.13 bits per heavy atom. The van der Waals surface area contributed by atoms with E-state index in [1.54, 1.807) is 18.9 Å². The summed E-state index contributed by atoms with van der Waals surface area (Å²) >= 11 is 0. The first-order valence-corrected chi connectivity index (χ1v) is 9.54. The molecule has 0 bridgehead atoms. The first-order valence-electron chi connectivity index (χ1n) is 9.54. The van der Waals surface area contributed by atoms with E-state index in [9.17, 15) is 4.79 Å². The Morgan fingerprint density at radius 3 is 2.67 bits per heavy atom. The molecule has 0 radical (unpaired) electrons. The number of rotatable bonds is 6. The number of nitrogens with one attached hydrogen (secondary N) is 2. The van der Waals surface area contributed by atoms with E-state index in [-0.39, 0.29) is 5.91 Å². The Balaban J connectivity index is 1.76. The van der Waals surface area contributed by atoms with E-state index in [1.165, 1.54) is 6.33 Å². The number of methoxy groups -OCH3 is 2. The molecule has 30 heavy (non-hydrogen) atoms. The summed E-state index contributed by atoms with van der Waals surface area (Å²) in [6, 6.07) is 14.8. The van der Waals surface area contributed by atoms with Crippen molar-refractivity contribution in [1.82, 2.24) is 20.1 Å². The quantitative estimate of drug-likeness (QED) is 0.655. The number of hydrogen-bond donors (Lipinski definition) is 2. The number of carbonyl (C=O) groups is 1. The molecule has 8 heteroatoms. The minimum atomic E-state index is -0.524. The average molecular weight is 405 g/mol. The first kappa shape index (κ1) is 19.5. The number of fused-ring (bicyclic) bond motifs is 1. The van der Waals surface area contributed by atoms with Crippen molar-refractivity contribution < 1.29 is 14.3 Å². The Morgan fingerprint density at radius 2 is 1.93 bits per heavy atom. The van der Waals surface area contributed by atoms with Crippen LogP contribution < -0.4 is 20.1 Å². The predicted molar refractivity (Wildman–Crippen MR) is 112 cm³/mol. The highest BCUT2D eigenvalue weighted by molar-refractivity contribution is 5.97. The van der Waals surface area contributed by atoms with Gasteiger partial charge in [0.1, 0.15) is 12.4 Å². The van der Waals surface area contributed by atoms with Crippen LogP contribution in [0.2, 0.25) is 0 Å². The van der Waals surface area contributed by atoms with Crippen LogP contribution in [0.15, 0.2) is 66.1 Å². The molecule has 1 aliphatic heterocycles. The summed E-state index contributed by atoms with van der Waals surface area (Å²) in [5, 5.41) is 10.6. The maximum atomic E-state index is 13.3. The number of benzene rings is 2. The molecule has 3 aromatic rings. The van der Waals surface area contributed by atoms with Gasteiger partial charge in [-0.1, -0.05) is 42.5 Å². The van der Waals surface area contributed by atoms with E-state index in [2.05, 4.69) is 20.7 Å². The summed E-state index contributed by atoms with van der Waals surface area (Å²) < 4.78 is 12.8. The summed E-state index contributed by atoms with van der Waals surface area (Å²) in [5.41, 5.74) is 3.02. The van der Waals surface area contributed by atoms with Gasteiger partial charge in [0.2, 0.25) is 5.95 Å². The molecule has 4 rings (SSSR count). The van der Waals surface area contributed by atoms with Crippen LogP contribution in [0.5, 0.6) is 11.5 Å². The maximum Gasteiger partial charge on any atom is 0.251 e. The molecule has 1 amide bonds. The SMILES string of the molecule is COc1cccc(C2C(C(=O)NCc3ccccc3)=C(C)Nc3ncnn32)c1OC. The highest BCUT2D eigenvalue weighted by Gasteiger charge is 2.35. The van der Waals surface area contributed by atoms with Crippen molar-refractivity contribution in [2.45, 2.75) is 19.5 Å². The average Bonchev–Trinajstić information content (AvgIpc) is 3.24. The Bertz CT molecular complexity index is 1090. The number of hydrogen-bond acceptors (Lipinski definition) is 6. The zero-order valence-corrected chi connectivity index (χ0v) is 17.0. The van der Waals surface area contributed by atoms with Crippen LogP contribution in [0.1, 0.15) is 24.1 Å². The van der Waals surface area contributed by atoms with Crippen molar-refractivity contribution in [2.24, 2.45) is 0 Å². The molecule has 1 atom stereocenters. The van der Waals surface area contributed by atoms with E-state index < -0.39 is 6.04 Å². The number of amides is 1. The van der Waals surface area contributed by atoms with Crippen LogP contribution in [0.4, 0.5) is 5.95 Å². The fourth-order valence-electron chi connectivity index (χ4n) is 3.67. The smallest absolute Gasteiger partial charge is 0.251 e. The molecule has 2 heterocycles. The lowest BCUT2D eigenvalue weighted by Gasteiger charge is -2.30. The number of nitrogens with zero attached hydrogens (tertiary/aromatic N) is 3. The monoisotopic (exact) mass is 405 g/mol. The van der Waals surface area contributed by atoms with Crippen molar-refractivity contribution in [3.05, 3.63) is 77.3 Å². The fraction of sp³-hybridized carbons (Fsp3) is 0.227. The van der Waals surface area contributed by atoms with Gasteiger partial charge in [0.05, 0.1) is 19.8 Å². The van der Waals surface area contributed by atoms with Gasteiger partial charge in [-0.05, 0) is 18.6 Å². The Labute approximate surface area is 174 Å². The van der Waals surface area contributed by atoms with Crippen LogP contribution in [-0.4, -0.2) is 34.9 Å². The van der Waals surface area contributed by atoms with Gasteiger partial charge in [0, 0.05) is 17.8 Å². The Kier molecular flexibility index (Phi) is 5.38. The highest BCUT2D eigenvalue weighted by atomic mass is 16.5. The summed E-state index contributed by atoms with van der Waals surface area (Å²) in [4.78, 5) is 17.6. The van der Waals surface area contributed by atoms with E-state index in [0.717, 1.165) is 11.1 Å². The van der Waals surface area contributed by atoms with Crippen molar-refractivity contribution >= 4 is 11.9 Å². The van der Waals surface area contributed by atoms with Gasteiger partial charge < -0.3 is 20.1 Å². The molecule has 8 nitrogen and oxygen atoms in total. The lowest BCUT2D eigenvalue weighted by atomic mass is 9.94. The summed E-state index contributed by atoms with van der Waals surface area (Å²) in [7, 11) is 3.16. The minimum absolute atomic E-state index is 0.195. The number of allylic oxidation sites excluding steroid dienone is 1. The molecule has 1 aliphatic rings. The minimum Gasteiger partial charge on any atom is -0.493 e. The van der Waals surface area contributed by atoms with Gasteiger partial charge in [0.15, 0.2) is 11.5 Å². The lowest BCUT2D eigenvalue weighted by Crippen LogP contribution is -2.35. The molecule has 1 aromatic heterocycles. The van der Waals surface area contributed by atoms with Crippen LogP contribution in [-0.2, 0) is 11.3 Å². The second-order valence-electron chi connectivity index (χ2n) is 6.85. The van der Waals surface area contributed by atoms with Gasteiger partial charge in [-0.25, -0.2) is 4.68 Å². The maximum absolute atomic E-state index is 13.3. The van der Waals surface area contributed by atoms with Crippen LogP contribution >= 0.6 is 0 Å².